The third kappa shape index (κ3) is 14.3. The number of phenolic OH excluding ortho intramolecular Hbond substituents is 2. The molecule has 3 aliphatic rings. The fourth-order valence-electron chi connectivity index (χ4n) is 9.69. The standard InChI is InChI=1S/C56H68N10O7S/c57-54(61-29-9-14-48(63-36-41-13-6-8-27-60-41)52(70)64-35-38-18-16-37(17-19-38)34-58-26-10-30-59-39-11-3-1-4-12-39)66-51(69)15-5-2-7-28-62-55(74)65-40-20-23-45-44(31-40)53(71)73-56(45)46-24-21-42(67)32-49(46)72-50-33-43(68)22-25-47(50)56/h6,8,13,16-25,27,31-33,39,48,58-59,63,67-68H,1-5,7,9-12,14-15,26,28-30,34-36H2,(H,64,70)(H2,62,65,74)(H3,57,61,66,69)/t48-/m0/s1. The average Bonchev–Trinajstić information content (AvgIpc) is 3.68. The molecule has 390 valence electrons. The maximum absolute atomic E-state index is 13.5. The Morgan fingerprint density at radius 3 is 2.24 bits per heavy atom. The quantitative estimate of drug-likeness (QED) is 0.00984. The summed E-state index contributed by atoms with van der Waals surface area (Å²) in [6, 6.07) is 28.7. The maximum Gasteiger partial charge on any atom is 0.340 e. The van der Waals surface area contributed by atoms with Crippen LogP contribution in [0.4, 0.5) is 5.69 Å². The van der Waals surface area contributed by atoms with Crippen LogP contribution in [0.3, 0.4) is 0 Å². The second-order valence-electron chi connectivity index (χ2n) is 19.1. The second-order valence-corrected chi connectivity index (χ2v) is 19.5. The molecule has 74 heavy (non-hydrogen) atoms. The first-order valence-corrected chi connectivity index (χ1v) is 26.2. The summed E-state index contributed by atoms with van der Waals surface area (Å²) in [5.74, 6) is -0.286. The van der Waals surface area contributed by atoms with E-state index in [9.17, 15) is 24.6 Å². The van der Waals surface area contributed by atoms with E-state index in [0.717, 1.165) is 50.2 Å². The predicted octanol–water partition coefficient (Wildman–Crippen LogP) is 7.00. The van der Waals surface area contributed by atoms with E-state index in [1.807, 2.05) is 18.2 Å². The molecule has 1 atom stereocenters. The number of carbonyl (C=O) groups is 3. The molecule has 0 saturated heterocycles. The Labute approximate surface area is 437 Å². The summed E-state index contributed by atoms with van der Waals surface area (Å²) in [5.41, 5.74) is 10.4. The van der Waals surface area contributed by atoms with Gasteiger partial charge in [0.25, 0.3) is 0 Å². The molecule has 1 spiro atoms. The highest BCUT2D eigenvalue weighted by molar-refractivity contribution is 7.80. The minimum Gasteiger partial charge on any atom is -0.508 e. The van der Waals surface area contributed by atoms with E-state index in [4.69, 9.17) is 27.4 Å². The first kappa shape index (κ1) is 53.2. The summed E-state index contributed by atoms with van der Waals surface area (Å²) < 4.78 is 12.2. The molecule has 3 heterocycles. The minimum absolute atomic E-state index is 0.0207. The number of nitrogens with two attached hydrogens (primary N) is 1. The summed E-state index contributed by atoms with van der Waals surface area (Å²) in [7, 11) is 0. The van der Waals surface area contributed by atoms with Gasteiger partial charge in [-0.25, -0.2) is 4.79 Å². The van der Waals surface area contributed by atoms with Gasteiger partial charge in [-0.2, -0.15) is 0 Å². The zero-order chi connectivity index (χ0) is 51.7. The van der Waals surface area contributed by atoms with Gasteiger partial charge in [-0.05, 0) is 130 Å². The minimum atomic E-state index is -1.35. The van der Waals surface area contributed by atoms with Gasteiger partial charge in [0.15, 0.2) is 16.7 Å². The monoisotopic (exact) mass is 1020 g/mol. The lowest BCUT2D eigenvalue weighted by molar-refractivity contribution is -0.123. The number of amides is 2. The van der Waals surface area contributed by atoms with Crippen molar-refractivity contribution in [2.45, 2.75) is 114 Å². The van der Waals surface area contributed by atoms with Crippen molar-refractivity contribution in [2.24, 2.45) is 10.7 Å². The molecule has 2 amide bonds. The molecule has 18 heteroatoms. The normalized spacial score (nSPS) is 15.0. The van der Waals surface area contributed by atoms with Crippen molar-refractivity contribution < 1.29 is 34.1 Å². The van der Waals surface area contributed by atoms with Crippen LogP contribution in [0.5, 0.6) is 23.0 Å². The van der Waals surface area contributed by atoms with Crippen LogP contribution < -0.4 is 47.7 Å². The smallest absolute Gasteiger partial charge is 0.340 e. The fraction of sp³-hybridized carbons (Fsp3) is 0.393. The number of esters is 1. The van der Waals surface area contributed by atoms with Crippen molar-refractivity contribution in [3.63, 3.8) is 0 Å². The lowest BCUT2D eigenvalue weighted by Gasteiger charge is -2.36. The molecule has 8 rings (SSSR count). The van der Waals surface area contributed by atoms with Crippen molar-refractivity contribution in [1.29, 1.82) is 0 Å². The van der Waals surface area contributed by atoms with Gasteiger partial charge >= 0.3 is 5.97 Å². The number of thiocarbonyl (C=S) groups is 1. The van der Waals surface area contributed by atoms with Crippen molar-refractivity contribution in [3.05, 3.63) is 142 Å². The maximum atomic E-state index is 13.5. The summed E-state index contributed by atoms with van der Waals surface area (Å²) in [4.78, 5) is 48.4. The van der Waals surface area contributed by atoms with Crippen LogP contribution in [0.1, 0.15) is 121 Å². The first-order valence-electron chi connectivity index (χ1n) is 25.8. The lowest BCUT2D eigenvalue weighted by atomic mass is 9.77. The van der Waals surface area contributed by atoms with Gasteiger partial charge in [-0.3, -0.25) is 24.9 Å². The third-order valence-electron chi connectivity index (χ3n) is 13.6. The highest BCUT2D eigenvalue weighted by Gasteiger charge is 2.53. The molecule has 0 unspecified atom stereocenters. The van der Waals surface area contributed by atoms with E-state index in [0.29, 0.717) is 96.0 Å². The van der Waals surface area contributed by atoms with Gasteiger partial charge in [0.2, 0.25) is 11.8 Å². The van der Waals surface area contributed by atoms with E-state index < -0.39 is 17.6 Å². The Kier molecular flexibility index (Phi) is 18.8. The number of pyridine rings is 1. The van der Waals surface area contributed by atoms with Crippen molar-refractivity contribution in [1.82, 2.24) is 36.9 Å². The molecule has 1 aliphatic carbocycles. The van der Waals surface area contributed by atoms with Crippen LogP contribution in [-0.4, -0.2) is 82.3 Å². The van der Waals surface area contributed by atoms with Crippen LogP contribution in [0.15, 0.2) is 108 Å². The van der Waals surface area contributed by atoms with Gasteiger partial charge < -0.3 is 57.3 Å². The van der Waals surface area contributed by atoms with E-state index in [2.05, 4.69) is 71.5 Å². The van der Waals surface area contributed by atoms with Gasteiger partial charge in [-0.15, -0.1) is 0 Å². The van der Waals surface area contributed by atoms with E-state index in [1.165, 1.54) is 61.9 Å². The molecule has 0 bridgehead atoms. The third-order valence-corrected chi connectivity index (χ3v) is 13.8. The van der Waals surface area contributed by atoms with E-state index >= 15 is 0 Å². The van der Waals surface area contributed by atoms with Gasteiger partial charge in [0.1, 0.15) is 23.0 Å². The Hall–Kier alpha value is -7.12. The number of aliphatic imine (C=N–C) groups is 1. The molecule has 5 aromatic rings. The summed E-state index contributed by atoms with van der Waals surface area (Å²) in [6.45, 7) is 4.55. The van der Waals surface area contributed by atoms with Crippen molar-refractivity contribution >= 4 is 46.8 Å². The number of benzene rings is 4. The largest absolute Gasteiger partial charge is 0.508 e. The number of rotatable bonds is 24. The number of ether oxygens (including phenoxy) is 2. The molecule has 4 aromatic carbocycles. The summed E-state index contributed by atoms with van der Waals surface area (Å²) in [6.07, 6.45) is 13.0. The van der Waals surface area contributed by atoms with Crippen LogP contribution in [0.25, 0.3) is 0 Å². The molecular formula is C56H68N10O7S. The predicted molar refractivity (Wildman–Crippen MR) is 289 cm³/mol. The van der Waals surface area contributed by atoms with E-state index in [1.54, 1.807) is 36.5 Å². The number of aromatic hydroxyl groups is 2. The Morgan fingerprint density at radius 2 is 1.51 bits per heavy atom. The van der Waals surface area contributed by atoms with Crippen LogP contribution in [0, 0.1) is 0 Å². The molecule has 11 N–H and O–H groups in total. The lowest BCUT2D eigenvalue weighted by Crippen LogP contribution is -2.44. The van der Waals surface area contributed by atoms with Crippen LogP contribution in [-0.2, 0) is 39.6 Å². The molecule has 1 aromatic heterocycles. The molecular weight excluding hydrogens is 957 g/mol. The number of hydrogen-bond acceptors (Lipinski definition) is 13. The second kappa shape index (κ2) is 26.2. The highest BCUT2D eigenvalue weighted by Crippen LogP contribution is 2.57. The summed E-state index contributed by atoms with van der Waals surface area (Å²) in [5, 5.41) is 43.5. The number of nitrogens with zero attached hydrogens (tertiary/aromatic N) is 2. The summed E-state index contributed by atoms with van der Waals surface area (Å²) >= 11 is 5.55. The average molecular weight is 1030 g/mol. The molecule has 1 saturated carbocycles. The molecule has 17 nitrogen and oxygen atoms in total. The molecule has 0 radical (unpaired) electrons. The van der Waals surface area contributed by atoms with Gasteiger partial charge in [0.05, 0.1) is 17.3 Å². The SMILES string of the molecule is NC(=NCCC[C@H](NCc1ccccn1)C(=O)NCc1ccc(CNCCCNC2CCCCC2)cc1)NC(=O)CCCCCNC(=S)Nc1ccc2c(c1)C(=O)OC21c2ccc(O)cc2Oc2cc(O)ccc21. The number of guanidine groups is 1. The first-order chi connectivity index (χ1) is 36.0. The van der Waals surface area contributed by atoms with Gasteiger partial charge in [-0.1, -0.05) is 62.1 Å². The zero-order valence-electron chi connectivity index (χ0n) is 41.7. The molecule has 2 aliphatic heterocycles. The molecule has 1 fully saturated rings. The van der Waals surface area contributed by atoms with Crippen LogP contribution in [0.2, 0.25) is 0 Å². The number of phenols is 2. The highest BCUT2D eigenvalue weighted by atomic mass is 32.1. The van der Waals surface area contributed by atoms with Gasteiger partial charge in [0, 0.05) is 85.9 Å². The zero-order valence-corrected chi connectivity index (χ0v) is 42.5. The Balaban J connectivity index is 0.715. The van der Waals surface area contributed by atoms with Crippen molar-refractivity contribution in [2.75, 3.05) is 31.5 Å². The fourth-order valence-corrected chi connectivity index (χ4v) is 9.91. The number of hydrogen-bond donors (Lipinski definition) is 10. The topological polar surface area (TPSA) is 246 Å². The van der Waals surface area contributed by atoms with Crippen LogP contribution >= 0.6 is 12.2 Å². The van der Waals surface area contributed by atoms with Crippen molar-refractivity contribution in [3.8, 4) is 23.0 Å². The Bertz CT molecular complexity index is 2700. The number of fused-ring (bicyclic) bond motifs is 6. The number of anilines is 1. The number of nitrogens with one attached hydrogen (secondary N) is 7. The Morgan fingerprint density at radius 1 is 0.784 bits per heavy atom. The number of carbonyl (C=O) groups excluding carboxylic acids is 3. The number of unbranched alkanes of at least 4 members (excludes halogenated alkanes) is 2. The number of aromatic nitrogens is 1. The van der Waals surface area contributed by atoms with E-state index in [-0.39, 0.29) is 35.7 Å².